The van der Waals surface area contributed by atoms with Crippen LogP contribution in [-0.4, -0.2) is 117 Å². The van der Waals surface area contributed by atoms with Crippen LogP contribution in [0.2, 0.25) is 0 Å². The first-order valence-corrected chi connectivity index (χ1v) is 10.9. The topological polar surface area (TPSA) is 293 Å². The maximum absolute atomic E-state index is 12.8. The molecule has 2 rings (SSSR count). The molecule has 12 N–H and O–H groups in total. The van der Waals surface area contributed by atoms with Gasteiger partial charge in [-0.3, -0.25) is 23.7 Å². The zero-order valence-electron chi connectivity index (χ0n) is 20.0. The largest absolute Gasteiger partial charge is 0.394 e. The molecule has 214 valence electrons. The van der Waals surface area contributed by atoms with Gasteiger partial charge in [-0.1, -0.05) is 0 Å². The number of hydrogen-bond donors (Lipinski definition) is 10. The molecule has 0 saturated carbocycles. The van der Waals surface area contributed by atoms with Crippen LogP contribution in [0.3, 0.4) is 0 Å². The average molecular weight is 567 g/mol. The smallest absolute Gasteiger partial charge is 0.351 e. The molecule has 0 spiro atoms. The molecule has 0 aromatic carbocycles. The number of nitrogens with two attached hydrogens (primary N) is 2. The van der Waals surface area contributed by atoms with Gasteiger partial charge in [0.25, 0.3) is 0 Å². The number of likely N-dealkylation sites (N-methyl/N-ethyl adjacent to an activating group) is 1. The van der Waals surface area contributed by atoms with Crippen molar-refractivity contribution in [1.82, 2.24) is 30.8 Å². The second-order valence-electron chi connectivity index (χ2n) is 7.98. The van der Waals surface area contributed by atoms with E-state index in [-0.39, 0.29) is 24.8 Å². The summed E-state index contributed by atoms with van der Waals surface area (Å²) in [4.78, 5) is 64.5. The number of nitrogens with zero attached hydrogens (tertiary/aromatic N) is 2. The third kappa shape index (κ3) is 7.81. The zero-order chi connectivity index (χ0) is 27.9. The lowest BCUT2D eigenvalue weighted by Crippen LogP contribution is -2.67. The van der Waals surface area contributed by atoms with Crippen molar-refractivity contribution in [3.05, 3.63) is 22.7 Å². The van der Waals surface area contributed by atoms with Crippen molar-refractivity contribution < 1.29 is 44.3 Å². The predicted molar refractivity (Wildman–Crippen MR) is 129 cm³/mol. The van der Waals surface area contributed by atoms with E-state index in [0.29, 0.717) is 0 Å². The Labute approximate surface area is 221 Å². The van der Waals surface area contributed by atoms with Gasteiger partial charge in [-0.25, -0.2) is 4.79 Å². The van der Waals surface area contributed by atoms with Gasteiger partial charge in [-0.15, -0.1) is 12.4 Å². The summed E-state index contributed by atoms with van der Waals surface area (Å²) in [6.07, 6.45) is -6.12. The molecule has 1 aromatic heterocycles. The summed E-state index contributed by atoms with van der Waals surface area (Å²) in [5.41, 5.74) is 9.80. The Morgan fingerprint density at radius 1 is 1.11 bits per heavy atom. The number of nitrogens with one attached hydrogen (secondary N) is 4. The highest BCUT2D eigenvalue weighted by molar-refractivity contribution is 5.93. The lowest BCUT2D eigenvalue weighted by molar-refractivity contribution is -0.212. The second-order valence-corrected chi connectivity index (χ2v) is 7.98. The number of aromatic nitrogens is 2. The van der Waals surface area contributed by atoms with E-state index in [1.54, 1.807) is 0 Å². The van der Waals surface area contributed by atoms with Crippen LogP contribution in [0, 0.1) is 0 Å². The van der Waals surface area contributed by atoms with Gasteiger partial charge in [0.15, 0.2) is 12.3 Å². The van der Waals surface area contributed by atoms with E-state index in [0.717, 1.165) is 10.8 Å². The standard InChI is InChI=1S/C19H30N8O10.ClH/c1-22-4-10(30)23-7(5-28)16(34)24-8(6-29)17(35)26-11-12(31)13(32)18(37-14(11)15(21)33)27-3-2-9(20)25-19(27)36;/h2-3,7-8,11-14,18,22,28-29,31-32H,4-6H2,1H3,(H2,21,33)(H,23,30)(H,24,34)(H,26,35)(H2,20,25,36);1H. The molecule has 4 amide bonds. The highest BCUT2D eigenvalue weighted by Crippen LogP contribution is 2.27. The summed E-state index contributed by atoms with van der Waals surface area (Å²) in [5.74, 6) is -4.11. The van der Waals surface area contributed by atoms with Crippen LogP contribution >= 0.6 is 12.4 Å². The Bertz CT molecular complexity index is 1060. The molecule has 18 nitrogen and oxygen atoms in total. The molecule has 1 aliphatic heterocycles. The number of aliphatic hydroxyl groups is 4. The molecular weight excluding hydrogens is 536 g/mol. The van der Waals surface area contributed by atoms with Crippen molar-refractivity contribution in [3.8, 4) is 0 Å². The monoisotopic (exact) mass is 566 g/mol. The summed E-state index contributed by atoms with van der Waals surface area (Å²) in [6, 6.07) is -3.61. The fourth-order valence-corrected chi connectivity index (χ4v) is 3.46. The van der Waals surface area contributed by atoms with Crippen LogP contribution in [0.15, 0.2) is 17.1 Å². The lowest BCUT2D eigenvalue weighted by atomic mass is 9.94. The Kier molecular flexibility index (Phi) is 12.5. The molecule has 38 heavy (non-hydrogen) atoms. The van der Waals surface area contributed by atoms with Gasteiger partial charge in [0.05, 0.1) is 25.8 Å². The minimum absolute atomic E-state index is 0. The van der Waals surface area contributed by atoms with Crippen LogP contribution in [0.1, 0.15) is 6.23 Å². The van der Waals surface area contributed by atoms with Crippen molar-refractivity contribution in [3.63, 3.8) is 0 Å². The van der Waals surface area contributed by atoms with Crippen LogP contribution in [0.4, 0.5) is 5.82 Å². The number of hydrogen-bond acceptors (Lipinski definition) is 13. The predicted octanol–water partition coefficient (Wildman–Crippen LogP) is -6.99. The number of amides is 4. The van der Waals surface area contributed by atoms with Crippen molar-refractivity contribution in [1.29, 1.82) is 0 Å². The van der Waals surface area contributed by atoms with Gasteiger partial charge >= 0.3 is 5.69 Å². The van der Waals surface area contributed by atoms with E-state index in [9.17, 15) is 44.4 Å². The van der Waals surface area contributed by atoms with Crippen LogP contribution in [-0.2, 0) is 23.9 Å². The van der Waals surface area contributed by atoms with E-state index >= 15 is 0 Å². The van der Waals surface area contributed by atoms with Gasteiger partial charge in [-0.2, -0.15) is 4.98 Å². The molecule has 1 aliphatic rings. The third-order valence-corrected chi connectivity index (χ3v) is 5.32. The van der Waals surface area contributed by atoms with Crippen LogP contribution in [0.5, 0.6) is 0 Å². The Morgan fingerprint density at radius 2 is 1.71 bits per heavy atom. The number of ether oxygens (including phenoxy) is 1. The molecular formula is C19H31ClN8O10. The zero-order valence-corrected chi connectivity index (χ0v) is 20.8. The summed E-state index contributed by atoms with van der Waals surface area (Å²) in [6.45, 7) is -1.96. The SMILES string of the molecule is CNCC(=O)NC(CO)C(=O)NC(CO)C(=O)NC1C(C(N)=O)OC(n2ccc(N)nc2=O)C(O)C1O.Cl. The number of nitrogen functional groups attached to an aromatic ring is 1. The van der Waals surface area contributed by atoms with E-state index in [1.807, 2.05) is 0 Å². The van der Waals surface area contributed by atoms with Crippen molar-refractivity contribution in [2.45, 2.75) is 42.7 Å². The molecule has 1 saturated heterocycles. The lowest BCUT2D eigenvalue weighted by Gasteiger charge is -2.42. The maximum Gasteiger partial charge on any atom is 0.351 e. The van der Waals surface area contributed by atoms with E-state index in [4.69, 9.17) is 16.2 Å². The molecule has 2 heterocycles. The second kappa shape index (κ2) is 14.5. The molecule has 0 aliphatic carbocycles. The fourth-order valence-electron chi connectivity index (χ4n) is 3.46. The Hall–Kier alpha value is -3.39. The molecule has 7 atom stereocenters. The highest BCUT2D eigenvalue weighted by Gasteiger charge is 2.49. The molecule has 19 heteroatoms. The third-order valence-electron chi connectivity index (χ3n) is 5.32. The number of aliphatic hydroxyl groups excluding tert-OH is 4. The first kappa shape index (κ1) is 32.6. The summed E-state index contributed by atoms with van der Waals surface area (Å²) in [5, 5.41) is 49.2. The first-order valence-electron chi connectivity index (χ1n) is 10.9. The van der Waals surface area contributed by atoms with Gasteiger partial charge < -0.3 is 57.9 Å². The van der Waals surface area contributed by atoms with Crippen molar-refractivity contribution >= 4 is 41.9 Å². The quantitative estimate of drug-likeness (QED) is 0.119. The van der Waals surface area contributed by atoms with Gasteiger partial charge in [0, 0.05) is 6.20 Å². The normalized spacial score (nSPS) is 24.3. The number of primary amides is 1. The highest BCUT2D eigenvalue weighted by atomic mass is 35.5. The minimum Gasteiger partial charge on any atom is -0.394 e. The molecule has 1 aromatic rings. The molecule has 0 radical (unpaired) electrons. The molecule has 7 unspecified atom stereocenters. The Balaban J connectivity index is 0.00000722. The molecule has 0 bridgehead atoms. The minimum atomic E-state index is -1.93. The maximum atomic E-state index is 12.8. The molecule has 1 fully saturated rings. The number of rotatable bonds is 11. The number of carbonyl (C=O) groups is 4. The van der Waals surface area contributed by atoms with Gasteiger partial charge in [-0.05, 0) is 13.1 Å². The fraction of sp³-hybridized carbons (Fsp3) is 0.579. The average Bonchev–Trinajstić information content (AvgIpc) is 2.84. The van der Waals surface area contributed by atoms with Crippen molar-refractivity contribution in [2.24, 2.45) is 5.73 Å². The van der Waals surface area contributed by atoms with Crippen LogP contribution < -0.4 is 38.4 Å². The number of halogens is 1. The van der Waals surface area contributed by atoms with Crippen molar-refractivity contribution in [2.75, 3.05) is 32.5 Å². The van der Waals surface area contributed by atoms with Gasteiger partial charge in [0.1, 0.15) is 30.1 Å². The number of anilines is 1. The van der Waals surface area contributed by atoms with Gasteiger partial charge in [0.2, 0.25) is 23.6 Å². The van der Waals surface area contributed by atoms with E-state index < -0.39 is 85.2 Å². The first-order chi connectivity index (χ1) is 17.4. The Morgan fingerprint density at radius 3 is 2.24 bits per heavy atom. The summed E-state index contributed by atoms with van der Waals surface area (Å²) in [7, 11) is 1.48. The summed E-state index contributed by atoms with van der Waals surface area (Å²) >= 11 is 0. The van der Waals surface area contributed by atoms with Crippen LogP contribution in [0.25, 0.3) is 0 Å². The summed E-state index contributed by atoms with van der Waals surface area (Å²) < 4.78 is 6.17. The van der Waals surface area contributed by atoms with E-state index in [2.05, 4.69) is 26.3 Å². The van der Waals surface area contributed by atoms with E-state index in [1.165, 1.54) is 13.1 Å². The number of carbonyl (C=O) groups excluding carboxylic acids is 4.